The Morgan fingerprint density at radius 3 is 2.32 bits per heavy atom. The third kappa shape index (κ3) is 3.85. The molecule has 0 fully saturated rings. The van der Waals surface area contributed by atoms with Gasteiger partial charge in [0.2, 0.25) is 10.0 Å². The van der Waals surface area contributed by atoms with Crippen LogP contribution in [-0.2, 0) is 10.0 Å². The zero-order chi connectivity index (χ0) is 18.9. The Balaban J connectivity index is 2.48. The molecule has 134 valence electrons. The number of carbonyl (C=O) groups excluding carboxylic acids is 1. The first-order valence-corrected chi connectivity index (χ1v) is 8.78. The minimum Gasteiger partial charge on any atom is -0.322 e. The summed E-state index contributed by atoms with van der Waals surface area (Å²) in [5, 5.41) is 2.46. The Morgan fingerprint density at radius 1 is 1.08 bits per heavy atom. The SMILES string of the molecule is Cc1cc(S(=O)(=O)N(C)C)cc(NC(=O)c2cc(F)ccc2F)c1C. The molecule has 1 N–H and O–H groups in total. The molecule has 5 nitrogen and oxygen atoms in total. The van der Waals surface area contributed by atoms with E-state index in [1.807, 2.05) is 0 Å². The molecule has 8 heteroatoms. The van der Waals surface area contributed by atoms with Gasteiger partial charge in [-0.05, 0) is 55.3 Å². The number of carbonyl (C=O) groups is 1. The number of anilines is 1. The van der Waals surface area contributed by atoms with Crippen LogP contribution in [0.15, 0.2) is 35.2 Å². The number of aryl methyl sites for hydroxylation is 1. The third-order valence-electron chi connectivity index (χ3n) is 3.84. The van der Waals surface area contributed by atoms with Crippen LogP contribution in [0.3, 0.4) is 0 Å². The predicted molar refractivity (Wildman–Crippen MR) is 91.1 cm³/mol. The van der Waals surface area contributed by atoms with E-state index in [2.05, 4.69) is 5.32 Å². The summed E-state index contributed by atoms with van der Waals surface area (Å²) in [6, 6.07) is 5.34. The summed E-state index contributed by atoms with van der Waals surface area (Å²) in [7, 11) is -0.919. The average Bonchev–Trinajstić information content (AvgIpc) is 2.53. The smallest absolute Gasteiger partial charge is 0.258 e. The summed E-state index contributed by atoms with van der Waals surface area (Å²) in [5.74, 6) is -2.48. The maximum Gasteiger partial charge on any atom is 0.258 e. The van der Waals surface area contributed by atoms with Crippen molar-refractivity contribution in [3.05, 3.63) is 58.7 Å². The second-order valence-corrected chi connectivity index (χ2v) is 7.93. The van der Waals surface area contributed by atoms with Gasteiger partial charge in [-0.2, -0.15) is 0 Å². The summed E-state index contributed by atoms with van der Waals surface area (Å²) in [6.07, 6.45) is 0. The molecule has 0 aliphatic heterocycles. The minimum atomic E-state index is -3.71. The molecule has 2 aromatic carbocycles. The van der Waals surface area contributed by atoms with Gasteiger partial charge in [0.15, 0.2) is 0 Å². The van der Waals surface area contributed by atoms with Crippen LogP contribution >= 0.6 is 0 Å². The lowest BCUT2D eigenvalue weighted by Crippen LogP contribution is -2.23. The molecule has 25 heavy (non-hydrogen) atoms. The maximum atomic E-state index is 13.7. The molecular weight excluding hydrogens is 350 g/mol. The molecule has 2 rings (SSSR count). The summed E-state index contributed by atoms with van der Waals surface area (Å²) < 4.78 is 52.7. The van der Waals surface area contributed by atoms with E-state index in [0.29, 0.717) is 11.1 Å². The van der Waals surface area contributed by atoms with Crippen molar-refractivity contribution in [1.29, 1.82) is 0 Å². The normalized spacial score (nSPS) is 11.6. The van der Waals surface area contributed by atoms with E-state index in [-0.39, 0.29) is 10.6 Å². The highest BCUT2D eigenvalue weighted by Crippen LogP contribution is 2.26. The predicted octanol–water partition coefficient (Wildman–Crippen LogP) is 3.08. The van der Waals surface area contributed by atoms with Crippen molar-refractivity contribution < 1.29 is 22.0 Å². The quantitative estimate of drug-likeness (QED) is 0.902. The lowest BCUT2D eigenvalue weighted by atomic mass is 10.1. The van der Waals surface area contributed by atoms with Gasteiger partial charge in [-0.1, -0.05) is 0 Å². The van der Waals surface area contributed by atoms with Crippen molar-refractivity contribution in [2.45, 2.75) is 18.7 Å². The lowest BCUT2D eigenvalue weighted by molar-refractivity contribution is 0.102. The van der Waals surface area contributed by atoms with Crippen LogP contribution in [0, 0.1) is 25.5 Å². The molecule has 1 amide bonds. The molecule has 0 aromatic heterocycles. The van der Waals surface area contributed by atoms with E-state index >= 15 is 0 Å². The van der Waals surface area contributed by atoms with Crippen LogP contribution in [0.25, 0.3) is 0 Å². The van der Waals surface area contributed by atoms with E-state index in [4.69, 9.17) is 0 Å². The number of nitrogens with zero attached hydrogens (tertiary/aromatic N) is 1. The van der Waals surface area contributed by atoms with Crippen LogP contribution in [-0.4, -0.2) is 32.7 Å². The van der Waals surface area contributed by atoms with Crippen molar-refractivity contribution in [3.63, 3.8) is 0 Å². The van der Waals surface area contributed by atoms with Crippen LogP contribution in [0.4, 0.5) is 14.5 Å². The van der Waals surface area contributed by atoms with Crippen LogP contribution in [0.5, 0.6) is 0 Å². The number of halogens is 2. The van der Waals surface area contributed by atoms with E-state index in [1.165, 1.54) is 26.2 Å². The molecular formula is C17H18F2N2O3S. The highest BCUT2D eigenvalue weighted by atomic mass is 32.2. The van der Waals surface area contributed by atoms with Crippen LogP contribution in [0.2, 0.25) is 0 Å². The zero-order valence-corrected chi connectivity index (χ0v) is 15.0. The summed E-state index contributed by atoms with van der Waals surface area (Å²) in [4.78, 5) is 12.3. The fourth-order valence-corrected chi connectivity index (χ4v) is 3.19. The standard InChI is InChI=1S/C17H18F2N2O3S/c1-10-7-13(25(23,24)21(3)4)9-16(11(10)2)20-17(22)14-8-12(18)5-6-15(14)19/h5-9H,1-4H3,(H,20,22). The Morgan fingerprint density at radius 2 is 1.72 bits per heavy atom. The van der Waals surface area contributed by atoms with Crippen molar-refractivity contribution in [1.82, 2.24) is 4.31 Å². The van der Waals surface area contributed by atoms with E-state index in [9.17, 15) is 22.0 Å². The zero-order valence-electron chi connectivity index (χ0n) is 14.2. The van der Waals surface area contributed by atoms with Gasteiger partial charge in [0.1, 0.15) is 11.6 Å². The highest BCUT2D eigenvalue weighted by Gasteiger charge is 2.21. The van der Waals surface area contributed by atoms with Gasteiger partial charge in [-0.3, -0.25) is 4.79 Å². The van der Waals surface area contributed by atoms with Gasteiger partial charge >= 0.3 is 0 Å². The van der Waals surface area contributed by atoms with Crippen molar-refractivity contribution >= 4 is 21.6 Å². The molecule has 0 aliphatic rings. The minimum absolute atomic E-state index is 0.00406. The van der Waals surface area contributed by atoms with Gasteiger partial charge in [0.25, 0.3) is 5.91 Å². The van der Waals surface area contributed by atoms with Gasteiger partial charge in [0, 0.05) is 19.8 Å². The Hall–Kier alpha value is -2.32. The molecule has 2 aromatic rings. The number of rotatable bonds is 4. The van der Waals surface area contributed by atoms with Crippen molar-refractivity contribution in [2.75, 3.05) is 19.4 Å². The Labute approximate surface area is 145 Å². The molecule has 0 spiro atoms. The third-order valence-corrected chi connectivity index (χ3v) is 5.63. The number of hydrogen-bond acceptors (Lipinski definition) is 3. The maximum absolute atomic E-state index is 13.7. The van der Waals surface area contributed by atoms with Gasteiger partial charge in [0.05, 0.1) is 10.5 Å². The summed E-state index contributed by atoms with van der Waals surface area (Å²) >= 11 is 0. The second-order valence-electron chi connectivity index (χ2n) is 5.78. The second kappa shape index (κ2) is 6.89. The molecule has 0 atom stereocenters. The first-order chi connectivity index (χ1) is 11.5. The number of benzene rings is 2. The monoisotopic (exact) mass is 368 g/mol. The molecule has 0 saturated carbocycles. The van der Waals surface area contributed by atoms with Crippen molar-refractivity contribution in [2.24, 2.45) is 0 Å². The summed E-state index contributed by atoms with van der Waals surface area (Å²) in [6.45, 7) is 3.39. The Kier molecular flexibility index (Phi) is 5.24. The number of nitrogens with one attached hydrogen (secondary N) is 1. The average molecular weight is 368 g/mol. The van der Waals surface area contributed by atoms with E-state index < -0.39 is 33.1 Å². The van der Waals surface area contributed by atoms with Gasteiger partial charge < -0.3 is 5.32 Å². The molecule has 0 unspecified atom stereocenters. The highest BCUT2D eigenvalue weighted by molar-refractivity contribution is 7.89. The largest absolute Gasteiger partial charge is 0.322 e. The molecule has 0 saturated heterocycles. The summed E-state index contributed by atoms with van der Waals surface area (Å²) in [5.41, 5.74) is 1.02. The Bertz CT molecular complexity index is 941. The molecule has 0 heterocycles. The van der Waals surface area contributed by atoms with Gasteiger partial charge in [-0.25, -0.2) is 21.5 Å². The number of hydrogen-bond donors (Lipinski definition) is 1. The fraction of sp³-hybridized carbons (Fsp3) is 0.235. The first-order valence-electron chi connectivity index (χ1n) is 7.34. The van der Waals surface area contributed by atoms with Crippen molar-refractivity contribution in [3.8, 4) is 0 Å². The van der Waals surface area contributed by atoms with E-state index in [0.717, 1.165) is 22.5 Å². The number of sulfonamides is 1. The first kappa shape index (κ1) is 19.0. The topological polar surface area (TPSA) is 66.5 Å². The molecule has 0 bridgehead atoms. The van der Waals surface area contributed by atoms with Gasteiger partial charge in [-0.15, -0.1) is 0 Å². The van der Waals surface area contributed by atoms with E-state index in [1.54, 1.807) is 13.8 Å². The van der Waals surface area contributed by atoms with Crippen LogP contribution in [0.1, 0.15) is 21.5 Å². The van der Waals surface area contributed by atoms with Crippen LogP contribution < -0.4 is 5.32 Å². The fourth-order valence-electron chi connectivity index (χ4n) is 2.18. The molecule has 0 radical (unpaired) electrons. The molecule has 0 aliphatic carbocycles. The number of amides is 1. The lowest BCUT2D eigenvalue weighted by Gasteiger charge is -2.16.